The molecule has 20 heavy (non-hydrogen) atoms. The summed E-state index contributed by atoms with van der Waals surface area (Å²) >= 11 is 0. The van der Waals surface area contributed by atoms with Crippen LogP contribution >= 0.6 is 0 Å². The number of rotatable bonds is 4. The molecule has 2 rings (SSSR count). The van der Waals surface area contributed by atoms with Gasteiger partial charge < -0.3 is 10.4 Å². The number of likely N-dealkylation sites (tertiary alicyclic amines) is 1. The number of aryl methyl sites for hydroxylation is 2. The predicted octanol–water partition coefficient (Wildman–Crippen LogP) is 0.902. The van der Waals surface area contributed by atoms with Crippen molar-refractivity contribution in [1.82, 2.24) is 14.7 Å². The summed E-state index contributed by atoms with van der Waals surface area (Å²) < 4.78 is 1.66. The van der Waals surface area contributed by atoms with Crippen LogP contribution in [-0.2, 0) is 11.8 Å². The van der Waals surface area contributed by atoms with E-state index in [9.17, 15) is 9.90 Å². The summed E-state index contributed by atoms with van der Waals surface area (Å²) in [5, 5.41) is 16.9. The third-order valence-electron chi connectivity index (χ3n) is 3.84. The first kappa shape index (κ1) is 15.0. The number of hydrogen-bond acceptors (Lipinski definition) is 4. The maximum atomic E-state index is 12.1. The number of piperidine rings is 1. The summed E-state index contributed by atoms with van der Waals surface area (Å²) in [5.41, 5.74) is 0.877. The van der Waals surface area contributed by atoms with Gasteiger partial charge in [-0.2, -0.15) is 5.10 Å². The van der Waals surface area contributed by atoms with Crippen LogP contribution in [0.1, 0.15) is 31.9 Å². The Bertz CT molecular complexity index is 470. The van der Waals surface area contributed by atoms with Crippen molar-refractivity contribution < 1.29 is 9.90 Å². The topological polar surface area (TPSA) is 70.4 Å². The number of carbonyl (C=O) groups is 1. The van der Waals surface area contributed by atoms with Gasteiger partial charge in [0.1, 0.15) is 5.82 Å². The van der Waals surface area contributed by atoms with Gasteiger partial charge in [0, 0.05) is 19.2 Å². The molecule has 2 atom stereocenters. The van der Waals surface area contributed by atoms with Crippen molar-refractivity contribution in [2.24, 2.45) is 7.05 Å². The van der Waals surface area contributed by atoms with E-state index in [1.165, 1.54) is 0 Å². The molecule has 6 heteroatoms. The van der Waals surface area contributed by atoms with Gasteiger partial charge in [-0.1, -0.05) is 6.42 Å². The lowest BCUT2D eigenvalue weighted by Crippen LogP contribution is -2.48. The lowest BCUT2D eigenvalue weighted by molar-refractivity contribution is -0.119. The Balaban J connectivity index is 1.94. The molecule has 0 radical (unpaired) electrons. The van der Waals surface area contributed by atoms with E-state index in [-0.39, 0.29) is 11.9 Å². The van der Waals surface area contributed by atoms with Crippen LogP contribution in [0.5, 0.6) is 0 Å². The Morgan fingerprint density at radius 3 is 2.95 bits per heavy atom. The first-order valence-electron chi connectivity index (χ1n) is 7.20. The monoisotopic (exact) mass is 280 g/mol. The largest absolute Gasteiger partial charge is 0.392 e. The molecule has 6 nitrogen and oxygen atoms in total. The maximum absolute atomic E-state index is 12.1. The molecular weight excluding hydrogens is 256 g/mol. The molecule has 0 aromatic carbocycles. The zero-order valence-corrected chi connectivity index (χ0v) is 12.5. The zero-order chi connectivity index (χ0) is 14.7. The van der Waals surface area contributed by atoms with Crippen molar-refractivity contribution in [2.45, 2.75) is 45.3 Å². The molecule has 1 saturated heterocycles. The Labute approximate surface area is 119 Å². The van der Waals surface area contributed by atoms with Crippen LogP contribution in [0.2, 0.25) is 0 Å². The fourth-order valence-electron chi connectivity index (χ4n) is 2.85. The quantitative estimate of drug-likeness (QED) is 0.860. The van der Waals surface area contributed by atoms with Crippen molar-refractivity contribution in [3.05, 3.63) is 11.8 Å². The molecule has 0 saturated carbocycles. The second-order valence-corrected chi connectivity index (χ2v) is 5.62. The minimum Gasteiger partial charge on any atom is -0.392 e. The average Bonchev–Trinajstić information content (AvgIpc) is 2.68. The first-order valence-corrected chi connectivity index (χ1v) is 7.20. The second kappa shape index (κ2) is 6.37. The molecule has 0 spiro atoms. The van der Waals surface area contributed by atoms with Crippen molar-refractivity contribution in [3.63, 3.8) is 0 Å². The van der Waals surface area contributed by atoms with Crippen LogP contribution in [0, 0.1) is 6.92 Å². The van der Waals surface area contributed by atoms with Gasteiger partial charge >= 0.3 is 0 Å². The standard InChI is InChI=1S/C14H24N4O2/c1-10-8-13(17(3)16-10)15-14(20)9-18-7-5-4-6-12(18)11(2)19/h8,11-12,19H,4-7,9H2,1-3H3,(H,15,20). The fraction of sp³-hybridized carbons (Fsp3) is 0.714. The van der Waals surface area contributed by atoms with Gasteiger partial charge in [-0.05, 0) is 33.2 Å². The SMILES string of the molecule is Cc1cc(NC(=O)CN2CCCCC2C(C)O)n(C)n1. The number of hydrogen-bond donors (Lipinski definition) is 2. The van der Waals surface area contributed by atoms with E-state index < -0.39 is 6.10 Å². The van der Waals surface area contributed by atoms with Gasteiger partial charge in [0.2, 0.25) is 5.91 Å². The summed E-state index contributed by atoms with van der Waals surface area (Å²) in [6.45, 7) is 4.88. The van der Waals surface area contributed by atoms with E-state index in [1.807, 2.05) is 20.0 Å². The van der Waals surface area contributed by atoms with Gasteiger partial charge in [-0.25, -0.2) is 0 Å². The van der Waals surface area contributed by atoms with E-state index in [0.717, 1.165) is 31.5 Å². The third-order valence-corrected chi connectivity index (χ3v) is 3.84. The molecule has 2 heterocycles. The smallest absolute Gasteiger partial charge is 0.239 e. The molecule has 1 aliphatic rings. The second-order valence-electron chi connectivity index (χ2n) is 5.62. The highest BCUT2D eigenvalue weighted by molar-refractivity contribution is 5.91. The Kier molecular flexibility index (Phi) is 4.77. The lowest BCUT2D eigenvalue weighted by Gasteiger charge is -2.36. The van der Waals surface area contributed by atoms with E-state index in [0.29, 0.717) is 12.4 Å². The zero-order valence-electron chi connectivity index (χ0n) is 12.5. The Morgan fingerprint density at radius 1 is 1.60 bits per heavy atom. The number of aliphatic hydroxyl groups is 1. The minimum absolute atomic E-state index is 0.0550. The summed E-state index contributed by atoms with van der Waals surface area (Å²) in [4.78, 5) is 14.2. The molecule has 0 aliphatic carbocycles. The molecule has 1 fully saturated rings. The number of amides is 1. The van der Waals surface area contributed by atoms with Crippen LogP contribution in [0.3, 0.4) is 0 Å². The molecule has 2 unspecified atom stereocenters. The van der Waals surface area contributed by atoms with Crippen molar-refractivity contribution in [2.75, 3.05) is 18.4 Å². The highest BCUT2D eigenvalue weighted by Gasteiger charge is 2.27. The van der Waals surface area contributed by atoms with E-state index in [4.69, 9.17) is 0 Å². The predicted molar refractivity (Wildman–Crippen MR) is 77.5 cm³/mol. The number of nitrogens with one attached hydrogen (secondary N) is 1. The molecule has 1 aliphatic heterocycles. The Hall–Kier alpha value is -1.40. The highest BCUT2D eigenvalue weighted by atomic mass is 16.3. The van der Waals surface area contributed by atoms with Crippen molar-refractivity contribution in [1.29, 1.82) is 0 Å². The van der Waals surface area contributed by atoms with Crippen molar-refractivity contribution >= 4 is 11.7 Å². The molecule has 112 valence electrons. The van der Waals surface area contributed by atoms with Crippen LogP contribution in [0.15, 0.2) is 6.07 Å². The number of nitrogens with zero attached hydrogens (tertiary/aromatic N) is 3. The van der Waals surface area contributed by atoms with Gasteiger partial charge in [0.25, 0.3) is 0 Å². The maximum Gasteiger partial charge on any atom is 0.239 e. The summed E-state index contributed by atoms with van der Waals surface area (Å²) in [7, 11) is 1.81. The number of aliphatic hydroxyl groups excluding tert-OH is 1. The van der Waals surface area contributed by atoms with Crippen LogP contribution < -0.4 is 5.32 Å². The van der Waals surface area contributed by atoms with Crippen LogP contribution in [0.4, 0.5) is 5.82 Å². The molecule has 1 aromatic rings. The number of anilines is 1. The lowest BCUT2D eigenvalue weighted by atomic mass is 9.98. The van der Waals surface area contributed by atoms with Gasteiger partial charge in [-0.15, -0.1) is 0 Å². The highest BCUT2D eigenvalue weighted by Crippen LogP contribution is 2.19. The summed E-state index contributed by atoms with van der Waals surface area (Å²) in [6.07, 6.45) is 2.76. The van der Waals surface area contributed by atoms with Crippen LogP contribution in [-0.4, -0.2) is 50.9 Å². The Morgan fingerprint density at radius 2 is 2.35 bits per heavy atom. The third kappa shape index (κ3) is 3.58. The van der Waals surface area contributed by atoms with Gasteiger partial charge in [0.15, 0.2) is 0 Å². The summed E-state index contributed by atoms with van der Waals surface area (Å²) in [6, 6.07) is 1.93. The van der Waals surface area contributed by atoms with E-state index in [1.54, 1.807) is 11.6 Å². The normalized spacial score (nSPS) is 21.7. The van der Waals surface area contributed by atoms with Crippen molar-refractivity contribution in [3.8, 4) is 0 Å². The van der Waals surface area contributed by atoms with Crippen LogP contribution in [0.25, 0.3) is 0 Å². The number of aromatic nitrogens is 2. The number of carbonyl (C=O) groups excluding carboxylic acids is 1. The van der Waals surface area contributed by atoms with E-state index >= 15 is 0 Å². The first-order chi connectivity index (χ1) is 9.47. The minimum atomic E-state index is -0.401. The molecule has 0 bridgehead atoms. The molecule has 2 N–H and O–H groups in total. The van der Waals surface area contributed by atoms with Gasteiger partial charge in [-0.3, -0.25) is 14.4 Å². The summed E-state index contributed by atoms with van der Waals surface area (Å²) in [5.74, 6) is 0.652. The molecular formula is C14H24N4O2. The average molecular weight is 280 g/mol. The van der Waals surface area contributed by atoms with Gasteiger partial charge in [0.05, 0.1) is 18.3 Å². The molecule has 1 amide bonds. The molecule has 1 aromatic heterocycles. The van der Waals surface area contributed by atoms with E-state index in [2.05, 4.69) is 15.3 Å². The fourth-order valence-corrected chi connectivity index (χ4v) is 2.85.